The highest BCUT2D eigenvalue weighted by molar-refractivity contribution is 6.35. The van der Waals surface area contributed by atoms with Gasteiger partial charge in [-0.2, -0.15) is 0 Å². The van der Waals surface area contributed by atoms with E-state index in [4.69, 9.17) is 4.74 Å². The molecule has 178 valence electrons. The number of nitrogens with zero attached hydrogens (tertiary/aromatic N) is 1. The number of hydrogen-bond donors (Lipinski definition) is 2. The average molecular weight is 446 g/mol. The van der Waals surface area contributed by atoms with Gasteiger partial charge in [-0.15, -0.1) is 0 Å². The first-order valence-electron chi connectivity index (χ1n) is 11.6. The minimum absolute atomic E-state index is 0.0543. The Morgan fingerprint density at radius 3 is 2.50 bits per heavy atom. The summed E-state index contributed by atoms with van der Waals surface area (Å²) in [5.41, 5.74) is 1.91. The summed E-state index contributed by atoms with van der Waals surface area (Å²) in [5.74, 6) is -0.104. The number of hydrogen-bond acceptors (Lipinski definition) is 4. The lowest BCUT2D eigenvalue weighted by molar-refractivity contribution is -0.140. The minimum Gasteiger partial charge on any atom is -0.490 e. The van der Waals surface area contributed by atoms with Crippen LogP contribution in [0.1, 0.15) is 64.0 Å². The van der Waals surface area contributed by atoms with Gasteiger partial charge in [0.05, 0.1) is 6.10 Å². The molecular formula is C25H39N3O4. The topological polar surface area (TPSA) is 87.7 Å². The standard InChI is InChI=1S/C25H39N3O4/c1-16(2)12-18(4)32-22-13-17(3)10-11-20(22)15-26-23(29)24(30)27-21-9-7-8-19(14-21)25(31)28(5)6/h10-11,13,16,18-19,21H,7-9,12,14-15H2,1-6H3,(H,26,29)(H,27,30). The van der Waals surface area contributed by atoms with Gasteiger partial charge >= 0.3 is 11.8 Å². The molecule has 0 saturated heterocycles. The highest BCUT2D eigenvalue weighted by atomic mass is 16.5. The number of nitrogens with one attached hydrogen (secondary N) is 2. The summed E-state index contributed by atoms with van der Waals surface area (Å²) >= 11 is 0. The van der Waals surface area contributed by atoms with Crippen LogP contribution < -0.4 is 15.4 Å². The first-order chi connectivity index (χ1) is 15.1. The molecule has 2 N–H and O–H groups in total. The van der Waals surface area contributed by atoms with Crippen molar-refractivity contribution in [1.82, 2.24) is 15.5 Å². The average Bonchev–Trinajstić information content (AvgIpc) is 2.71. The maximum absolute atomic E-state index is 12.4. The predicted molar refractivity (Wildman–Crippen MR) is 125 cm³/mol. The normalized spacial score (nSPS) is 19.2. The van der Waals surface area contributed by atoms with Crippen molar-refractivity contribution in [3.05, 3.63) is 29.3 Å². The highest BCUT2D eigenvalue weighted by Gasteiger charge is 2.30. The van der Waals surface area contributed by atoms with Crippen LogP contribution in [-0.4, -0.2) is 48.9 Å². The second kappa shape index (κ2) is 11.9. The molecule has 0 bridgehead atoms. The minimum atomic E-state index is -0.673. The first-order valence-corrected chi connectivity index (χ1v) is 11.6. The predicted octanol–water partition coefficient (Wildman–Crippen LogP) is 3.19. The number of ether oxygens (including phenoxy) is 1. The maximum Gasteiger partial charge on any atom is 0.309 e. The fourth-order valence-electron chi connectivity index (χ4n) is 4.26. The van der Waals surface area contributed by atoms with E-state index in [1.807, 2.05) is 32.0 Å². The van der Waals surface area contributed by atoms with Crippen LogP contribution in [0.5, 0.6) is 5.75 Å². The van der Waals surface area contributed by atoms with Gasteiger partial charge in [-0.1, -0.05) is 32.4 Å². The van der Waals surface area contributed by atoms with Crippen LogP contribution >= 0.6 is 0 Å². The van der Waals surface area contributed by atoms with Crippen molar-refractivity contribution < 1.29 is 19.1 Å². The first kappa shape index (κ1) is 25.7. The van der Waals surface area contributed by atoms with Crippen molar-refractivity contribution in [2.24, 2.45) is 11.8 Å². The number of amides is 3. The van der Waals surface area contributed by atoms with Crippen LogP contribution in [0.25, 0.3) is 0 Å². The van der Waals surface area contributed by atoms with E-state index in [-0.39, 0.29) is 30.5 Å². The zero-order valence-corrected chi connectivity index (χ0v) is 20.4. The molecule has 7 nitrogen and oxygen atoms in total. The van der Waals surface area contributed by atoms with Crippen molar-refractivity contribution >= 4 is 17.7 Å². The number of carbonyl (C=O) groups excluding carboxylic acids is 3. The molecule has 1 aliphatic rings. The molecule has 0 aliphatic heterocycles. The Balaban J connectivity index is 1.92. The van der Waals surface area contributed by atoms with E-state index in [0.717, 1.165) is 42.6 Å². The lowest BCUT2D eigenvalue weighted by Gasteiger charge is -2.30. The molecule has 0 radical (unpaired) electrons. The van der Waals surface area contributed by atoms with Crippen molar-refractivity contribution in [3.63, 3.8) is 0 Å². The molecule has 0 heterocycles. The quantitative estimate of drug-likeness (QED) is 0.602. The van der Waals surface area contributed by atoms with Gasteiger partial charge in [-0.05, 0) is 57.1 Å². The Morgan fingerprint density at radius 1 is 1.12 bits per heavy atom. The summed E-state index contributed by atoms with van der Waals surface area (Å²) in [6.45, 7) is 8.55. The highest BCUT2D eigenvalue weighted by Crippen LogP contribution is 2.26. The molecule has 2 rings (SSSR count). The molecule has 1 fully saturated rings. The van der Waals surface area contributed by atoms with E-state index in [2.05, 4.69) is 24.5 Å². The molecule has 0 spiro atoms. The van der Waals surface area contributed by atoms with Gasteiger partial charge in [0, 0.05) is 38.2 Å². The third kappa shape index (κ3) is 7.84. The summed E-state index contributed by atoms with van der Waals surface area (Å²) in [7, 11) is 3.48. The third-order valence-corrected chi connectivity index (χ3v) is 5.80. The van der Waals surface area contributed by atoms with Gasteiger partial charge in [-0.25, -0.2) is 0 Å². The van der Waals surface area contributed by atoms with E-state index < -0.39 is 11.8 Å². The van der Waals surface area contributed by atoms with Crippen molar-refractivity contribution in [3.8, 4) is 5.75 Å². The summed E-state index contributed by atoms with van der Waals surface area (Å²) in [5, 5.41) is 5.51. The number of rotatable bonds is 8. The fraction of sp³-hybridized carbons (Fsp3) is 0.640. The van der Waals surface area contributed by atoms with Crippen LogP contribution in [-0.2, 0) is 20.9 Å². The monoisotopic (exact) mass is 445 g/mol. The fourth-order valence-corrected chi connectivity index (χ4v) is 4.26. The Labute approximate surface area is 192 Å². The van der Waals surface area contributed by atoms with Gasteiger partial charge in [-0.3, -0.25) is 14.4 Å². The molecule has 3 atom stereocenters. The van der Waals surface area contributed by atoms with Crippen LogP contribution in [0.4, 0.5) is 0 Å². The smallest absolute Gasteiger partial charge is 0.309 e. The number of carbonyl (C=O) groups is 3. The van der Waals surface area contributed by atoms with E-state index in [0.29, 0.717) is 12.3 Å². The number of benzene rings is 1. The summed E-state index contributed by atoms with van der Waals surface area (Å²) in [4.78, 5) is 38.7. The van der Waals surface area contributed by atoms with Crippen LogP contribution in [0.2, 0.25) is 0 Å². The molecule has 1 saturated carbocycles. The Bertz CT molecular complexity index is 806. The molecule has 1 aromatic rings. The van der Waals surface area contributed by atoms with Gasteiger partial charge in [0.1, 0.15) is 5.75 Å². The van der Waals surface area contributed by atoms with Gasteiger partial charge in [0.2, 0.25) is 5.91 Å². The van der Waals surface area contributed by atoms with E-state index in [9.17, 15) is 14.4 Å². The molecule has 3 unspecified atom stereocenters. The Hall–Kier alpha value is -2.57. The summed E-state index contributed by atoms with van der Waals surface area (Å²) in [6, 6.07) is 5.68. The molecule has 7 heteroatoms. The van der Waals surface area contributed by atoms with E-state index in [1.165, 1.54) is 0 Å². The summed E-state index contributed by atoms with van der Waals surface area (Å²) < 4.78 is 6.12. The van der Waals surface area contributed by atoms with Crippen LogP contribution in [0.15, 0.2) is 18.2 Å². The zero-order valence-electron chi connectivity index (χ0n) is 20.4. The van der Waals surface area contributed by atoms with Crippen LogP contribution in [0, 0.1) is 18.8 Å². The number of aryl methyl sites for hydroxylation is 1. The Morgan fingerprint density at radius 2 is 1.84 bits per heavy atom. The molecular weight excluding hydrogens is 406 g/mol. The van der Waals surface area contributed by atoms with E-state index in [1.54, 1.807) is 19.0 Å². The molecule has 32 heavy (non-hydrogen) atoms. The lowest BCUT2D eigenvalue weighted by atomic mass is 9.85. The van der Waals surface area contributed by atoms with Crippen molar-refractivity contribution in [1.29, 1.82) is 0 Å². The van der Waals surface area contributed by atoms with Gasteiger partial charge in [0.15, 0.2) is 0 Å². The molecule has 3 amide bonds. The SMILES string of the molecule is Cc1ccc(CNC(=O)C(=O)NC2CCCC(C(=O)N(C)C)C2)c(OC(C)CC(C)C)c1. The van der Waals surface area contributed by atoms with Crippen LogP contribution in [0.3, 0.4) is 0 Å². The zero-order chi connectivity index (χ0) is 23.8. The van der Waals surface area contributed by atoms with Gasteiger partial charge in [0.25, 0.3) is 0 Å². The lowest BCUT2D eigenvalue weighted by Crippen LogP contribution is -2.47. The third-order valence-electron chi connectivity index (χ3n) is 5.80. The van der Waals surface area contributed by atoms with Crippen molar-refractivity contribution in [2.45, 2.75) is 78.5 Å². The second-order valence-corrected chi connectivity index (χ2v) is 9.62. The van der Waals surface area contributed by atoms with Crippen molar-refractivity contribution in [2.75, 3.05) is 14.1 Å². The Kier molecular flexibility index (Phi) is 9.54. The maximum atomic E-state index is 12.4. The molecule has 1 aliphatic carbocycles. The summed E-state index contributed by atoms with van der Waals surface area (Å²) in [6.07, 6.45) is 4.01. The largest absolute Gasteiger partial charge is 0.490 e. The molecule has 1 aromatic carbocycles. The second-order valence-electron chi connectivity index (χ2n) is 9.62. The van der Waals surface area contributed by atoms with Gasteiger partial charge < -0.3 is 20.3 Å². The molecule has 0 aromatic heterocycles. The van der Waals surface area contributed by atoms with E-state index >= 15 is 0 Å².